The molecule has 2 aliphatic rings. The molecular formula is C21H24N2. The fourth-order valence-corrected chi connectivity index (χ4v) is 3.93. The van der Waals surface area contributed by atoms with E-state index < -0.39 is 0 Å². The van der Waals surface area contributed by atoms with Gasteiger partial charge in [-0.15, -0.1) is 0 Å². The van der Waals surface area contributed by atoms with Gasteiger partial charge in [0.2, 0.25) is 0 Å². The molecule has 0 unspecified atom stereocenters. The highest BCUT2D eigenvalue weighted by Crippen LogP contribution is 2.41. The van der Waals surface area contributed by atoms with Gasteiger partial charge >= 0.3 is 0 Å². The van der Waals surface area contributed by atoms with Crippen molar-refractivity contribution >= 4 is 11.3 Å². The fraction of sp³-hybridized carbons (Fsp3) is 0.333. The third-order valence-electron chi connectivity index (χ3n) is 5.22. The van der Waals surface area contributed by atoms with E-state index >= 15 is 0 Å². The van der Waals surface area contributed by atoms with Crippen molar-refractivity contribution in [3.63, 3.8) is 0 Å². The molecule has 0 N–H and O–H groups in total. The summed E-state index contributed by atoms with van der Waals surface area (Å²) in [6.45, 7) is 3.31. The van der Waals surface area contributed by atoms with E-state index in [2.05, 4.69) is 72.4 Å². The predicted octanol–water partition coefficient (Wildman–Crippen LogP) is 4.16. The van der Waals surface area contributed by atoms with E-state index in [1.54, 1.807) is 5.57 Å². The molecule has 2 aromatic carbocycles. The minimum absolute atomic E-state index is 0.976. The normalized spacial score (nSPS) is 18.4. The molecule has 2 heterocycles. The smallest absolute Gasteiger partial charge is 0.0446 e. The Bertz CT molecular complexity index is 750. The van der Waals surface area contributed by atoms with Crippen LogP contribution in [0.1, 0.15) is 29.5 Å². The van der Waals surface area contributed by atoms with E-state index in [9.17, 15) is 0 Å². The van der Waals surface area contributed by atoms with Crippen LogP contribution >= 0.6 is 0 Å². The van der Waals surface area contributed by atoms with E-state index in [1.807, 2.05) is 0 Å². The Morgan fingerprint density at radius 1 is 0.783 bits per heavy atom. The average molecular weight is 304 g/mol. The van der Waals surface area contributed by atoms with Crippen molar-refractivity contribution in [1.82, 2.24) is 4.90 Å². The summed E-state index contributed by atoms with van der Waals surface area (Å²) in [5, 5.41) is 0. The van der Waals surface area contributed by atoms with Crippen LogP contribution in [0.3, 0.4) is 0 Å². The summed E-state index contributed by atoms with van der Waals surface area (Å²) in [5.74, 6) is 0. The maximum Gasteiger partial charge on any atom is 0.0446 e. The molecule has 0 spiro atoms. The lowest BCUT2D eigenvalue weighted by Crippen LogP contribution is -2.27. The molecule has 2 nitrogen and oxygen atoms in total. The van der Waals surface area contributed by atoms with Gasteiger partial charge in [-0.2, -0.15) is 0 Å². The predicted molar refractivity (Wildman–Crippen MR) is 97.7 cm³/mol. The highest BCUT2D eigenvalue weighted by Gasteiger charge is 2.24. The third kappa shape index (κ3) is 2.57. The topological polar surface area (TPSA) is 6.48 Å². The molecule has 4 rings (SSSR count). The van der Waals surface area contributed by atoms with Gasteiger partial charge in [-0.25, -0.2) is 0 Å². The Morgan fingerprint density at radius 3 is 2.22 bits per heavy atom. The summed E-state index contributed by atoms with van der Waals surface area (Å²) in [4.78, 5) is 4.82. The first-order chi connectivity index (χ1) is 11.2. The molecule has 2 heteroatoms. The van der Waals surface area contributed by atoms with Crippen molar-refractivity contribution in [2.45, 2.75) is 19.4 Å². The highest BCUT2D eigenvalue weighted by atomic mass is 15.1. The van der Waals surface area contributed by atoms with Crippen molar-refractivity contribution < 1.29 is 0 Å². The Kier molecular flexibility index (Phi) is 3.70. The largest absolute Gasteiger partial charge is 0.370 e. The number of para-hydroxylation sites is 1. The van der Waals surface area contributed by atoms with E-state index in [1.165, 1.54) is 53.9 Å². The van der Waals surface area contributed by atoms with Gasteiger partial charge in [0, 0.05) is 37.9 Å². The van der Waals surface area contributed by atoms with Crippen LogP contribution in [0.2, 0.25) is 0 Å². The molecule has 0 atom stereocenters. The van der Waals surface area contributed by atoms with Crippen molar-refractivity contribution in [3.05, 3.63) is 70.8 Å². The van der Waals surface area contributed by atoms with E-state index in [4.69, 9.17) is 0 Å². The quantitative estimate of drug-likeness (QED) is 0.721. The van der Waals surface area contributed by atoms with Gasteiger partial charge in [0.25, 0.3) is 0 Å². The number of nitrogens with zero attached hydrogens (tertiary/aromatic N) is 2. The lowest BCUT2D eigenvalue weighted by Gasteiger charge is -2.27. The summed E-state index contributed by atoms with van der Waals surface area (Å²) in [7, 11) is 4.43. The maximum atomic E-state index is 2.44. The van der Waals surface area contributed by atoms with Crippen LogP contribution in [-0.4, -0.2) is 32.1 Å². The van der Waals surface area contributed by atoms with Crippen molar-refractivity contribution in [3.8, 4) is 0 Å². The van der Waals surface area contributed by atoms with Crippen molar-refractivity contribution in [2.75, 3.05) is 32.1 Å². The summed E-state index contributed by atoms with van der Waals surface area (Å²) in [5.41, 5.74) is 8.74. The monoisotopic (exact) mass is 304 g/mol. The molecule has 118 valence electrons. The molecule has 0 saturated carbocycles. The number of benzene rings is 2. The second-order valence-corrected chi connectivity index (χ2v) is 6.81. The average Bonchev–Trinajstić information content (AvgIpc) is 2.70. The van der Waals surface area contributed by atoms with Gasteiger partial charge in [-0.1, -0.05) is 48.0 Å². The number of anilines is 1. The van der Waals surface area contributed by atoms with Crippen LogP contribution < -0.4 is 4.90 Å². The number of fused-ring (bicyclic) bond motifs is 2. The van der Waals surface area contributed by atoms with Crippen LogP contribution in [-0.2, 0) is 6.54 Å². The third-order valence-corrected chi connectivity index (χ3v) is 5.22. The number of likely N-dealkylation sites (tertiary alicyclic amines) is 1. The molecule has 2 aromatic rings. The van der Waals surface area contributed by atoms with E-state index in [0.29, 0.717) is 0 Å². The Hall–Kier alpha value is -2.06. The zero-order chi connectivity index (χ0) is 15.8. The number of rotatable bonds is 0. The highest BCUT2D eigenvalue weighted by molar-refractivity contribution is 5.90. The van der Waals surface area contributed by atoms with Gasteiger partial charge in [0.15, 0.2) is 0 Å². The lowest BCUT2D eigenvalue weighted by atomic mass is 9.86. The first-order valence-corrected chi connectivity index (χ1v) is 8.53. The molecular weight excluding hydrogens is 280 g/mol. The minimum Gasteiger partial charge on any atom is -0.370 e. The van der Waals surface area contributed by atoms with Crippen molar-refractivity contribution in [2.24, 2.45) is 0 Å². The fourth-order valence-electron chi connectivity index (χ4n) is 3.93. The molecule has 0 bridgehead atoms. The molecule has 1 fully saturated rings. The van der Waals surface area contributed by atoms with Crippen molar-refractivity contribution in [1.29, 1.82) is 0 Å². The van der Waals surface area contributed by atoms with Crippen LogP contribution in [0.25, 0.3) is 5.57 Å². The molecule has 0 amide bonds. The van der Waals surface area contributed by atoms with Gasteiger partial charge in [-0.3, -0.25) is 0 Å². The SMILES string of the molecule is CN1CCC(=C2c3ccccc3CN(C)c3ccccc32)CC1. The summed E-state index contributed by atoms with van der Waals surface area (Å²) in [6.07, 6.45) is 2.36. The molecule has 0 radical (unpaired) electrons. The van der Waals surface area contributed by atoms with Crippen LogP contribution in [0.5, 0.6) is 0 Å². The Labute approximate surface area is 139 Å². The summed E-state index contributed by atoms with van der Waals surface area (Å²) in [6, 6.07) is 17.8. The number of hydrogen-bond donors (Lipinski definition) is 0. The van der Waals surface area contributed by atoms with Crippen LogP contribution in [0.4, 0.5) is 5.69 Å². The molecule has 2 aliphatic heterocycles. The second kappa shape index (κ2) is 5.86. The van der Waals surface area contributed by atoms with Gasteiger partial charge in [0.05, 0.1) is 0 Å². The van der Waals surface area contributed by atoms with Crippen LogP contribution in [0.15, 0.2) is 54.1 Å². The summed E-state index contributed by atoms with van der Waals surface area (Å²) >= 11 is 0. The number of piperidine rings is 1. The maximum absolute atomic E-state index is 2.44. The second-order valence-electron chi connectivity index (χ2n) is 6.81. The van der Waals surface area contributed by atoms with Gasteiger partial charge < -0.3 is 9.80 Å². The molecule has 0 aliphatic carbocycles. The molecule has 1 saturated heterocycles. The van der Waals surface area contributed by atoms with E-state index in [-0.39, 0.29) is 0 Å². The lowest BCUT2D eigenvalue weighted by molar-refractivity contribution is 0.313. The standard InChI is InChI=1S/C21H24N2/c1-22-13-11-16(12-14-22)21-18-8-4-3-7-17(18)15-23(2)20-10-6-5-9-19(20)21/h3-10H,11-15H2,1-2H3. The van der Waals surface area contributed by atoms with Gasteiger partial charge in [0.1, 0.15) is 0 Å². The zero-order valence-electron chi connectivity index (χ0n) is 14.0. The zero-order valence-corrected chi connectivity index (χ0v) is 14.0. The van der Waals surface area contributed by atoms with Gasteiger partial charge in [-0.05, 0) is 42.7 Å². The molecule has 23 heavy (non-hydrogen) atoms. The number of hydrogen-bond acceptors (Lipinski definition) is 2. The molecule has 0 aromatic heterocycles. The van der Waals surface area contributed by atoms with E-state index in [0.717, 1.165) is 6.54 Å². The minimum atomic E-state index is 0.976. The Balaban J connectivity index is 1.96. The Morgan fingerprint density at radius 2 is 1.43 bits per heavy atom. The first-order valence-electron chi connectivity index (χ1n) is 8.53. The summed E-state index contributed by atoms with van der Waals surface area (Å²) < 4.78 is 0. The first kappa shape index (κ1) is 14.5. The van der Waals surface area contributed by atoms with Crippen LogP contribution in [0, 0.1) is 0 Å².